The fourth-order valence-electron chi connectivity index (χ4n) is 4.64. The van der Waals surface area contributed by atoms with Crippen LogP contribution < -0.4 is 0 Å². The van der Waals surface area contributed by atoms with Gasteiger partial charge in [0.2, 0.25) is 15.9 Å². The molecule has 2 aromatic carbocycles. The first kappa shape index (κ1) is 21.7. The Hall–Kier alpha value is -3.17. The Labute approximate surface area is 192 Å². The van der Waals surface area contributed by atoms with Crippen LogP contribution in [0.5, 0.6) is 0 Å². The summed E-state index contributed by atoms with van der Waals surface area (Å²) in [7, 11) is -3.66. The van der Waals surface area contributed by atoms with E-state index in [1.54, 1.807) is 34.1 Å². The van der Waals surface area contributed by atoms with E-state index < -0.39 is 16.1 Å². The van der Waals surface area contributed by atoms with Gasteiger partial charge in [-0.1, -0.05) is 30.3 Å². The van der Waals surface area contributed by atoms with Crippen molar-refractivity contribution in [2.24, 2.45) is 0 Å². The second kappa shape index (κ2) is 8.64. The average Bonchev–Trinajstić information content (AvgIpc) is 3.55. The molecule has 2 saturated heterocycles. The molecule has 2 aliphatic rings. The molecule has 1 atom stereocenters. The van der Waals surface area contributed by atoms with Gasteiger partial charge in [0.25, 0.3) is 5.91 Å². The van der Waals surface area contributed by atoms with Crippen LogP contribution in [0.3, 0.4) is 0 Å². The molecule has 172 valence electrons. The summed E-state index contributed by atoms with van der Waals surface area (Å²) in [6, 6.07) is 15.5. The lowest BCUT2D eigenvalue weighted by Crippen LogP contribution is -2.55. The minimum Gasteiger partial charge on any atom is -0.459 e. The van der Waals surface area contributed by atoms with Gasteiger partial charge in [0.15, 0.2) is 5.76 Å². The van der Waals surface area contributed by atoms with Crippen LogP contribution in [0.15, 0.2) is 70.2 Å². The molecule has 5 rings (SSSR count). The molecular weight excluding hydrogens is 442 g/mol. The van der Waals surface area contributed by atoms with Crippen LogP contribution in [0.25, 0.3) is 10.8 Å². The first-order valence-electron chi connectivity index (χ1n) is 11.1. The third-order valence-corrected chi connectivity index (χ3v) is 8.33. The summed E-state index contributed by atoms with van der Waals surface area (Å²) < 4.78 is 33.0. The first-order chi connectivity index (χ1) is 15.9. The number of sulfonamides is 1. The van der Waals surface area contributed by atoms with Gasteiger partial charge in [-0.2, -0.15) is 4.31 Å². The van der Waals surface area contributed by atoms with Crippen molar-refractivity contribution in [2.45, 2.75) is 23.8 Å². The van der Waals surface area contributed by atoms with Crippen LogP contribution in [0.4, 0.5) is 0 Å². The minimum absolute atomic E-state index is 0.129. The third kappa shape index (κ3) is 4.02. The Balaban J connectivity index is 1.26. The summed E-state index contributed by atoms with van der Waals surface area (Å²) in [4.78, 5) is 29.4. The number of carbonyl (C=O) groups is 2. The Morgan fingerprint density at radius 3 is 2.36 bits per heavy atom. The predicted octanol–water partition coefficient (Wildman–Crippen LogP) is 2.57. The molecule has 3 aromatic rings. The molecule has 3 heterocycles. The van der Waals surface area contributed by atoms with Gasteiger partial charge < -0.3 is 14.2 Å². The molecule has 0 aliphatic carbocycles. The lowest BCUT2D eigenvalue weighted by molar-refractivity contribution is -0.136. The number of likely N-dealkylation sites (tertiary alicyclic amines) is 1. The average molecular weight is 468 g/mol. The summed E-state index contributed by atoms with van der Waals surface area (Å²) in [5.74, 6) is -0.190. The fraction of sp³-hybridized carbons (Fsp3) is 0.333. The standard InChI is InChI=1S/C24H25N3O5S/c28-23(21-7-3-11-27(21)24(29)22-8-4-16-32-22)25-12-14-26(15-13-25)33(30,31)20-10-9-18-5-1-2-6-19(18)17-20/h1-2,4-6,8-10,16-17,21H,3,7,11-15H2. The SMILES string of the molecule is O=C(C1CCCN1C(=O)c1ccco1)N1CCN(S(=O)(=O)c2ccc3ccccc3c2)CC1. The van der Waals surface area contributed by atoms with E-state index in [4.69, 9.17) is 4.42 Å². The highest BCUT2D eigenvalue weighted by Gasteiger charge is 2.39. The Bertz CT molecular complexity index is 1280. The van der Waals surface area contributed by atoms with Gasteiger partial charge in [0, 0.05) is 32.7 Å². The number of fused-ring (bicyclic) bond motifs is 1. The predicted molar refractivity (Wildman–Crippen MR) is 122 cm³/mol. The summed E-state index contributed by atoms with van der Waals surface area (Å²) in [6.07, 6.45) is 2.79. The summed E-state index contributed by atoms with van der Waals surface area (Å²) in [5, 5.41) is 1.85. The molecule has 1 unspecified atom stereocenters. The Kier molecular flexibility index (Phi) is 5.67. The number of rotatable bonds is 4. The van der Waals surface area contributed by atoms with Crippen LogP contribution in [-0.2, 0) is 14.8 Å². The Morgan fingerprint density at radius 2 is 1.64 bits per heavy atom. The summed E-state index contributed by atoms with van der Waals surface area (Å²) >= 11 is 0. The molecule has 1 aromatic heterocycles. The van der Waals surface area contributed by atoms with E-state index >= 15 is 0 Å². The molecule has 2 amide bonds. The molecule has 0 spiro atoms. The highest BCUT2D eigenvalue weighted by Crippen LogP contribution is 2.25. The van der Waals surface area contributed by atoms with Crippen molar-refractivity contribution in [1.29, 1.82) is 0 Å². The topological polar surface area (TPSA) is 91.1 Å². The summed E-state index contributed by atoms with van der Waals surface area (Å²) in [5.41, 5.74) is 0. The van der Waals surface area contributed by atoms with Crippen LogP contribution in [0.2, 0.25) is 0 Å². The molecule has 2 fully saturated rings. The number of hydrogen-bond donors (Lipinski definition) is 0. The zero-order chi connectivity index (χ0) is 23.0. The van der Waals surface area contributed by atoms with E-state index in [0.717, 1.165) is 17.2 Å². The van der Waals surface area contributed by atoms with Gasteiger partial charge in [-0.05, 0) is 47.9 Å². The fourth-order valence-corrected chi connectivity index (χ4v) is 6.10. The smallest absolute Gasteiger partial charge is 0.290 e. The lowest BCUT2D eigenvalue weighted by atomic mass is 10.1. The number of carbonyl (C=O) groups excluding carboxylic acids is 2. The number of piperazine rings is 1. The minimum atomic E-state index is -3.66. The highest BCUT2D eigenvalue weighted by molar-refractivity contribution is 7.89. The molecule has 8 nitrogen and oxygen atoms in total. The molecule has 2 aliphatic heterocycles. The van der Waals surface area contributed by atoms with E-state index in [2.05, 4.69) is 0 Å². The molecule has 0 N–H and O–H groups in total. The van der Waals surface area contributed by atoms with Gasteiger partial charge in [-0.3, -0.25) is 9.59 Å². The second-order valence-electron chi connectivity index (χ2n) is 8.37. The normalized spacial score (nSPS) is 19.8. The molecule has 0 bridgehead atoms. The van der Waals surface area contributed by atoms with Crippen molar-refractivity contribution in [3.63, 3.8) is 0 Å². The monoisotopic (exact) mass is 467 g/mol. The first-order valence-corrected chi connectivity index (χ1v) is 12.5. The molecule has 33 heavy (non-hydrogen) atoms. The van der Waals surface area contributed by atoms with Gasteiger partial charge in [0.1, 0.15) is 6.04 Å². The molecular formula is C24H25N3O5S. The maximum absolute atomic E-state index is 13.2. The number of hydrogen-bond acceptors (Lipinski definition) is 5. The van der Waals surface area contributed by atoms with Crippen LogP contribution >= 0.6 is 0 Å². The number of benzene rings is 2. The van der Waals surface area contributed by atoms with Gasteiger partial charge in [0.05, 0.1) is 11.2 Å². The van der Waals surface area contributed by atoms with Crippen molar-refractivity contribution in [1.82, 2.24) is 14.1 Å². The van der Waals surface area contributed by atoms with Crippen LogP contribution in [0, 0.1) is 0 Å². The van der Waals surface area contributed by atoms with Crippen molar-refractivity contribution >= 4 is 32.6 Å². The second-order valence-corrected chi connectivity index (χ2v) is 10.3. The van der Waals surface area contributed by atoms with E-state index in [1.165, 1.54) is 10.6 Å². The van der Waals surface area contributed by atoms with Crippen molar-refractivity contribution in [3.05, 3.63) is 66.6 Å². The van der Waals surface area contributed by atoms with Crippen molar-refractivity contribution in [3.8, 4) is 0 Å². The van der Waals surface area contributed by atoms with E-state index in [9.17, 15) is 18.0 Å². The lowest BCUT2D eigenvalue weighted by Gasteiger charge is -2.36. The van der Waals surface area contributed by atoms with Gasteiger partial charge in [-0.15, -0.1) is 0 Å². The molecule has 0 radical (unpaired) electrons. The van der Waals surface area contributed by atoms with Crippen LogP contribution in [-0.4, -0.2) is 73.1 Å². The largest absolute Gasteiger partial charge is 0.459 e. The summed E-state index contributed by atoms with van der Waals surface area (Å²) in [6.45, 7) is 1.54. The maximum atomic E-state index is 13.2. The zero-order valence-corrected chi connectivity index (χ0v) is 18.9. The quantitative estimate of drug-likeness (QED) is 0.588. The Morgan fingerprint density at radius 1 is 0.879 bits per heavy atom. The molecule has 9 heteroatoms. The maximum Gasteiger partial charge on any atom is 0.290 e. The highest BCUT2D eigenvalue weighted by atomic mass is 32.2. The van der Waals surface area contributed by atoms with Gasteiger partial charge in [-0.25, -0.2) is 8.42 Å². The van der Waals surface area contributed by atoms with Gasteiger partial charge >= 0.3 is 0 Å². The number of furan rings is 1. The van der Waals surface area contributed by atoms with E-state index in [1.807, 2.05) is 30.3 Å². The van der Waals surface area contributed by atoms with Crippen LogP contribution in [0.1, 0.15) is 23.4 Å². The van der Waals surface area contributed by atoms with E-state index in [-0.39, 0.29) is 35.6 Å². The number of nitrogens with zero attached hydrogens (tertiary/aromatic N) is 3. The zero-order valence-electron chi connectivity index (χ0n) is 18.1. The molecule has 0 saturated carbocycles. The van der Waals surface area contributed by atoms with Crippen molar-refractivity contribution < 1.29 is 22.4 Å². The third-order valence-electron chi connectivity index (χ3n) is 6.44. The van der Waals surface area contributed by atoms with Crippen molar-refractivity contribution in [2.75, 3.05) is 32.7 Å². The number of amides is 2. The van der Waals surface area contributed by atoms with E-state index in [0.29, 0.717) is 26.1 Å².